The molecule has 0 spiro atoms. The smallest absolute Gasteiger partial charge is 0.126 e. The summed E-state index contributed by atoms with van der Waals surface area (Å²) in [6.45, 7) is 0. The van der Waals surface area contributed by atoms with Gasteiger partial charge in [-0.2, -0.15) is 0 Å². The Bertz CT molecular complexity index is 636. The second-order valence-corrected chi connectivity index (χ2v) is 4.26. The van der Waals surface area contributed by atoms with Crippen molar-refractivity contribution in [3.63, 3.8) is 0 Å². The van der Waals surface area contributed by atoms with Crippen molar-refractivity contribution in [3.8, 4) is 5.75 Å². The van der Waals surface area contributed by atoms with Gasteiger partial charge in [-0.15, -0.1) is 0 Å². The van der Waals surface area contributed by atoms with Crippen molar-refractivity contribution in [2.75, 3.05) is 7.11 Å². The molecule has 88 valence electrons. The maximum Gasteiger partial charge on any atom is 0.126 e. The number of para-hydroxylation sites is 1. The number of fused-ring (bicyclic) bond motifs is 1. The lowest BCUT2D eigenvalue weighted by molar-refractivity contribution is 0.414. The molecular formula is C17H14O. The van der Waals surface area contributed by atoms with E-state index in [9.17, 15) is 0 Å². The van der Waals surface area contributed by atoms with Crippen LogP contribution in [0.1, 0.15) is 16.7 Å². The molecule has 0 aromatic heterocycles. The van der Waals surface area contributed by atoms with E-state index in [0.717, 1.165) is 11.3 Å². The second-order valence-electron chi connectivity index (χ2n) is 4.26. The summed E-state index contributed by atoms with van der Waals surface area (Å²) in [5.74, 6) is 0.905. The molecule has 1 aliphatic carbocycles. The monoisotopic (exact) mass is 234 g/mol. The van der Waals surface area contributed by atoms with Crippen molar-refractivity contribution in [2.24, 2.45) is 0 Å². The molecule has 0 heterocycles. The van der Waals surface area contributed by atoms with Crippen LogP contribution in [0.5, 0.6) is 5.75 Å². The summed E-state index contributed by atoms with van der Waals surface area (Å²) >= 11 is 0. The minimum atomic E-state index is 0.905. The first-order chi connectivity index (χ1) is 8.88. The molecule has 0 fully saturated rings. The summed E-state index contributed by atoms with van der Waals surface area (Å²) in [6, 6.07) is 16.5. The Morgan fingerprint density at radius 2 is 1.67 bits per heavy atom. The molecule has 1 nitrogen and oxygen atoms in total. The SMILES string of the molecule is COc1ccccc1/C=C1\C=Cc2ccccc21. The van der Waals surface area contributed by atoms with Crippen LogP contribution in [0.15, 0.2) is 54.6 Å². The molecule has 2 aromatic carbocycles. The molecule has 2 aromatic rings. The predicted molar refractivity (Wildman–Crippen MR) is 76.3 cm³/mol. The van der Waals surface area contributed by atoms with Gasteiger partial charge in [0.25, 0.3) is 0 Å². The van der Waals surface area contributed by atoms with E-state index >= 15 is 0 Å². The summed E-state index contributed by atoms with van der Waals surface area (Å²) in [5, 5.41) is 0. The van der Waals surface area contributed by atoms with Crippen molar-refractivity contribution < 1.29 is 4.74 Å². The van der Waals surface area contributed by atoms with Crippen LogP contribution in [-0.2, 0) is 0 Å². The molecule has 0 atom stereocenters. The standard InChI is InChI=1S/C17H14O/c1-18-17-9-5-3-7-15(17)12-14-11-10-13-6-2-4-8-16(13)14/h2-12H,1H3/b14-12+. The lowest BCUT2D eigenvalue weighted by Gasteiger charge is -2.05. The molecule has 0 N–H and O–H groups in total. The van der Waals surface area contributed by atoms with Gasteiger partial charge in [-0.3, -0.25) is 0 Å². The zero-order valence-corrected chi connectivity index (χ0v) is 10.3. The number of methoxy groups -OCH3 is 1. The van der Waals surface area contributed by atoms with Gasteiger partial charge in [-0.05, 0) is 28.8 Å². The van der Waals surface area contributed by atoms with Crippen LogP contribution >= 0.6 is 0 Å². The molecule has 1 heteroatoms. The van der Waals surface area contributed by atoms with Crippen LogP contribution < -0.4 is 4.74 Å². The van der Waals surface area contributed by atoms with Crippen molar-refractivity contribution in [1.29, 1.82) is 0 Å². The average Bonchev–Trinajstić information content (AvgIpc) is 2.83. The minimum Gasteiger partial charge on any atom is -0.496 e. The maximum atomic E-state index is 5.37. The largest absolute Gasteiger partial charge is 0.496 e. The van der Waals surface area contributed by atoms with Gasteiger partial charge >= 0.3 is 0 Å². The highest BCUT2D eigenvalue weighted by Gasteiger charge is 2.10. The van der Waals surface area contributed by atoms with E-state index in [0.29, 0.717) is 0 Å². The molecule has 0 bridgehead atoms. The molecule has 0 saturated carbocycles. The van der Waals surface area contributed by atoms with E-state index in [2.05, 4.69) is 48.6 Å². The quantitative estimate of drug-likeness (QED) is 0.754. The fourth-order valence-electron chi connectivity index (χ4n) is 2.25. The fraction of sp³-hybridized carbons (Fsp3) is 0.0588. The van der Waals surface area contributed by atoms with Gasteiger partial charge in [0, 0.05) is 5.56 Å². The van der Waals surface area contributed by atoms with Gasteiger partial charge in [0.1, 0.15) is 5.75 Å². The zero-order chi connectivity index (χ0) is 12.4. The van der Waals surface area contributed by atoms with Gasteiger partial charge in [0.05, 0.1) is 7.11 Å². The predicted octanol–water partition coefficient (Wildman–Crippen LogP) is 4.26. The Morgan fingerprint density at radius 3 is 2.56 bits per heavy atom. The van der Waals surface area contributed by atoms with Crippen LogP contribution in [0.3, 0.4) is 0 Å². The van der Waals surface area contributed by atoms with E-state index in [-0.39, 0.29) is 0 Å². The molecule has 1 aliphatic rings. The van der Waals surface area contributed by atoms with Gasteiger partial charge in [0.15, 0.2) is 0 Å². The highest BCUT2D eigenvalue weighted by atomic mass is 16.5. The zero-order valence-electron chi connectivity index (χ0n) is 10.3. The topological polar surface area (TPSA) is 9.23 Å². The van der Waals surface area contributed by atoms with E-state index in [1.54, 1.807) is 7.11 Å². The molecule has 0 unspecified atom stereocenters. The van der Waals surface area contributed by atoms with Crippen molar-refractivity contribution >= 4 is 17.7 Å². The Morgan fingerprint density at radius 1 is 0.889 bits per heavy atom. The average molecular weight is 234 g/mol. The van der Waals surface area contributed by atoms with Crippen molar-refractivity contribution in [2.45, 2.75) is 0 Å². The molecule has 0 radical (unpaired) electrons. The number of hydrogen-bond acceptors (Lipinski definition) is 1. The number of rotatable bonds is 2. The van der Waals surface area contributed by atoms with E-state index in [1.807, 2.05) is 18.2 Å². The molecule has 18 heavy (non-hydrogen) atoms. The van der Waals surface area contributed by atoms with Gasteiger partial charge in [-0.1, -0.05) is 54.6 Å². The van der Waals surface area contributed by atoms with Crippen molar-refractivity contribution in [1.82, 2.24) is 0 Å². The fourth-order valence-corrected chi connectivity index (χ4v) is 2.25. The molecular weight excluding hydrogens is 220 g/mol. The number of hydrogen-bond donors (Lipinski definition) is 0. The summed E-state index contributed by atoms with van der Waals surface area (Å²) in [6.07, 6.45) is 6.47. The Hall–Kier alpha value is -2.28. The van der Waals surface area contributed by atoms with Crippen molar-refractivity contribution in [3.05, 3.63) is 71.3 Å². The summed E-state index contributed by atoms with van der Waals surface area (Å²) in [7, 11) is 1.70. The molecule has 0 saturated heterocycles. The summed E-state index contributed by atoms with van der Waals surface area (Å²) < 4.78 is 5.37. The third-order valence-electron chi connectivity index (χ3n) is 3.16. The van der Waals surface area contributed by atoms with Crippen LogP contribution in [-0.4, -0.2) is 7.11 Å². The van der Waals surface area contributed by atoms with E-state index in [4.69, 9.17) is 4.74 Å². The third kappa shape index (κ3) is 1.84. The minimum absolute atomic E-state index is 0.905. The van der Waals surface area contributed by atoms with Gasteiger partial charge < -0.3 is 4.74 Å². The first-order valence-corrected chi connectivity index (χ1v) is 6.01. The lowest BCUT2D eigenvalue weighted by atomic mass is 10.0. The van der Waals surface area contributed by atoms with Crippen LogP contribution in [0.2, 0.25) is 0 Å². The Labute approximate surface area is 107 Å². The van der Waals surface area contributed by atoms with Gasteiger partial charge in [-0.25, -0.2) is 0 Å². The first-order valence-electron chi connectivity index (χ1n) is 6.01. The highest BCUT2D eigenvalue weighted by Crippen LogP contribution is 2.32. The summed E-state index contributed by atoms with van der Waals surface area (Å²) in [4.78, 5) is 0. The lowest BCUT2D eigenvalue weighted by Crippen LogP contribution is -1.87. The number of benzene rings is 2. The molecule has 3 rings (SSSR count). The molecule has 0 amide bonds. The molecule has 0 aliphatic heterocycles. The number of allylic oxidation sites excluding steroid dienone is 2. The van der Waals surface area contributed by atoms with E-state index in [1.165, 1.54) is 16.7 Å². The summed E-state index contributed by atoms with van der Waals surface area (Å²) in [5.41, 5.74) is 4.90. The first kappa shape index (κ1) is 10.8. The van der Waals surface area contributed by atoms with Gasteiger partial charge in [0.2, 0.25) is 0 Å². The van der Waals surface area contributed by atoms with E-state index < -0.39 is 0 Å². The Kier molecular flexibility index (Phi) is 2.73. The second kappa shape index (κ2) is 4.53. The Balaban J connectivity index is 2.07. The number of ether oxygens (including phenoxy) is 1. The van der Waals surface area contributed by atoms with Crippen LogP contribution in [0.25, 0.3) is 17.7 Å². The third-order valence-corrected chi connectivity index (χ3v) is 3.16. The highest BCUT2D eigenvalue weighted by molar-refractivity contribution is 5.98. The maximum absolute atomic E-state index is 5.37. The normalized spacial score (nSPS) is 14.8. The van der Waals surface area contributed by atoms with Crippen LogP contribution in [0, 0.1) is 0 Å². The van der Waals surface area contributed by atoms with Crippen LogP contribution in [0.4, 0.5) is 0 Å².